The number of benzene rings is 2. The number of nitrogens with zero attached hydrogens (tertiary/aromatic N) is 3. The highest BCUT2D eigenvalue weighted by Crippen LogP contribution is 2.30. The molecule has 0 atom stereocenters. The minimum Gasteiger partial charge on any atom is -0.340 e. The first kappa shape index (κ1) is 18.8. The molecule has 0 bridgehead atoms. The van der Waals surface area contributed by atoms with E-state index in [1.165, 1.54) is 0 Å². The van der Waals surface area contributed by atoms with Crippen LogP contribution < -0.4 is 5.32 Å². The first-order valence-corrected chi connectivity index (χ1v) is 9.90. The van der Waals surface area contributed by atoms with Crippen LogP contribution >= 0.6 is 23.2 Å². The second kappa shape index (κ2) is 7.82. The van der Waals surface area contributed by atoms with Crippen molar-refractivity contribution in [1.29, 1.82) is 0 Å². The molecular formula is C22H20Cl2N4. The number of aromatic nitrogens is 3. The summed E-state index contributed by atoms with van der Waals surface area (Å²) in [6.07, 6.45) is 1.84. The maximum absolute atomic E-state index is 6.48. The van der Waals surface area contributed by atoms with Gasteiger partial charge in [0.2, 0.25) is 0 Å². The monoisotopic (exact) mass is 410 g/mol. The third-order valence-electron chi connectivity index (χ3n) is 4.40. The van der Waals surface area contributed by atoms with Gasteiger partial charge in [-0.3, -0.25) is 0 Å². The van der Waals surface area contributed by atoms with Crippen molar-refractivity contribution in [2.45, 2.75) is 20.4 Å². The summed E-state index contributed by atoms with van der Waals surface area (Å²) in [6, 6.07) is 17.3. The highest BCUT2D eigenvalue weighted by Gasteiger charge is 2.16. The van der Waals surface area contributed by atoms with Crippen LogP contribution in [-0.4, -0.2) is 14.5 Å². The minimum absolute atomic E-state index is 0.464. The van der Waals surface area contributed by atoms with Crippen molar-refractivity contribution in [2.24, 2.45) is 5.92 Å². The summed E-state index contributed by atoms with van der Waals surface area (Å²) >= 11 is 12.4. The number of hydrogen-bond donors (Lipinski definition) is 1. The summed E-state index contributed by atoms with van der Waals surface area (Å²) in [7, 11) is 0. The lowest BCUT2D eigenvalue weighted by atomic mass is 10.2. The maximum Gasteiger partial charge on any atom is 0.142 e. The molecule has 0 fully saturated rings. The minimum atomic E-state index is 0.464. The van der Waals surface area contributed by atoms with Crippen LogP contribution in [0.3, 0.4) is 0 Å². The number of nitrogens with one attached hydrogen (secondary N) is 1. The van der Waals surface area contributed by atoms with Gasteiger partial charge < -0.3 is 9.88 Å². The standard InChI is InChI=1S/C22H20Cl2N4/c1-14(2)13-28-21-18(24)4-3-5-19(21)27-22(28)15-6-11-20(25-12-15)26-17-9-7-16(23)8-10-17/h3-12,14H,13H2,1-2H3,(H,25,26). The molecule has 0 amide bonds. The largest absolute Gasteiger partial charge is 0.340 e. The van der Waals surface area contributed by atoms with E-state index in [-0.39, 0.29) is 0 Å². The van der Waals surface area contributed by atoms with Crippen LogP contribution in [0.25, 0.3) is 22.4 Å². The lowest BCUT2D eigenvalue weighted by Crippen LogP contribution is -2.06. The predicted molar refractivity (Wildman–Crippen MR) is 118 cm³/mol. The van der Waals surface area contributed by atoms with E-state index in [2.05, 4.69) is 28.7 Å². The highest BCUT2D eigenvalue weighted by atomic mass is 35.5. The molecule has 2 heterocycles. The zero-order valence-electron chi connectivity index (χ0n) is 15.7. The lowest BCUT2D eigenvalue weighted by Gasteiger charge is -2.13. The topological polar surface area (TPSA) is 42.7 Å². The SMILES string of the molecule is CC(C)Cn1c(-c2ccc(Nc3ccc(Cl)cc3)nc2)nc2cccc(Cl)c21. The quantitative estimate of drug-likeness (QED) is 0.393. The molecule has 0 aliphatic heterocycles. The predicted octanol–water partition coefficient (Wildman–Crippen LogP) is 6.80. The fraction of sp³-hybridized carbons (Fsp3) is 0.182. The lowest BCUT2D eigenvalue weighted by molar-refractivity contribution is 0.536. The Kier molecular flexibility index (Phi) is 5.25. The molecule has 4 aromatic rings. The second-order valence-corrected chi connectivity index (χ2v) is 7.96. The molecular weight excluding hydrogens is 391 g/mol. The zero-order valence-corrected chi connectivity index (χ0v) is 17.2. The van der Waals surface area contributed by atoms with Gasteiger partial charge in [-0.25, -0.2) is 9.97 Å². The molecule has 2 aromatic carbocycles. The van der Waals surface area contributed by atoms with E-state index in [0.717, 1.165) is 40.5 Å². The number of halogens is 2. The normalized spacial score (nSPS) is 11.3. The summed E-state index contributed by atoms with van der Waals surface area (Å²) in [6.45, 7) is 5.20. The molecule has 1 N–H and O–H groups in total. The number of rotatable bonds is 5. The fourth-order valence-electron chi connectivity index (χ4n) is 3.19. The molecule has 2 aromatic heterocycles. The van der Waals surface area contributed by atoms with Gasteiger partial charge in [-0.15, -0.1) is 0 Å². The molecule has 0 saturated carbocycles. The van der Waals surface area contributed by atoms with Gasteiger partial charge in [0.1, 0.15) is 11.6 Å². The first-order chi connectivity index (χ1) is 13.5. The molecule has 28 heavy (non-hydrogen) atoms. The Morgan fingerprint density at radius 2 is 1.79 bits per heavy atom. The van der Waals surface area contributed by atoms with Crippen LogP contribution in [0.5, 0.6) is 0 Å². The van der Waals surface area contributed by atoms with Crippen molar-refractivity contribution in [2.75, 3.05) is 5.32 Å². The molecule has 0 aliphatic rings. The number of pyridine rings is 1. The molecule has 6 heteroatoms. The van der Waals surface area contributed by atoms with Crippen molar-refractivity contribution < 1.29 is 0 Å². The van der Waals surface area contributed by atoms with Crippen LogP contribution in [0.15, 0.2) is 60.8 Å². The Bertz CT molecular complexity index is 1100. The highest BCUT2D eigenvalue weighted by molar-refractivity contribution is 6.35. The van der Waals surface area contributed by atoms with Crippen molar-refractivity contribution >= 4 is 45.7 Å². The van der Waals surface area contributed by atoms with E-state index in [0.29, 0.717) is 16.0 Å². The van der Waals surface area contributed by atoms with Gasteiger partial charge in [-0.05, 0) is 54.4 Å². The van der Waals surface area contributed by atoms with Crippen molar-refractivity contribution in [3.8, 4) is 11.4 Å². The average molecular weight is 411 g/mol. The second-order valence-electron chi connectivity index (χ2n) is 7.11. The number of imidazole rings is 1. The Morgan fingerprint density at radius 1 is 1.00 bits per heavy atom. The Balaban J connectivity index is 1.69. The zero-order chi connectivity index (χ0) is 19.7. The van der Waals surface area contributed by atoms with Gasteiger partial charge in [-0.2, -0.15) is 0 Å². The number of anilines is 2. The smallest absolute Gasteiger partial charge is 0.142 e. The molecule has 4 rings (SSSR count). The van der Waals surface area contributed by atoms with E-state index in [1.807, 2.05) is 60.8 Å². The van der Waals surface area contributed by atoms with E-state index in [9.17, 15) is 0 Å². The van der Waals surface area contributed by atoms with Crippen molar-refractivity contribution in [1.82, 2.24) is 14.5 Å². The third-order valence-corrected chi connectivity index (χ3v) is 4.96. The molecule has 0 saturated heterocycles. The van der Waals surface area contributed by atoms with E-state index in [4.69, 9.17) is 28.2 Å². The third kappa shape index (κ3) is 3.84. The summed E-state index contributed by atoms with van der Waals surface area (Å²) < 4.78 is 2.19. The number of para-hydroxylation sites is 1. The Hall–Kier alpha value is -2.56. The fourth-order valence-corrected chi connectivity index (χ4v) is 3.58. The van der Waals surface area contributed by atoms with Crippen LogP contribution in [0.2, 0.25) is 10.0 Å². The van der Waals surface area contributed by atoms with Crippen LogP contribution in [-0.2, 0) is 6.54 Å². The van der Waals surface area contributed by atoms with Gasteiger partial charge in [0, 0.05) is 29.0 Å². The molecule has 0 radical (unpaired) electrons. The Morgan fingerprint density at radius 3 is 2.46 bits per heavy atom. The van der Waals surface area contributed by atoms with Crippen LogP contribution in [0.4, 0.5) is 11.5 Å². The average Bonchev–Trinajstić information content (AvgIpc) is 3.03. The summed E-state index contributed by atoms with van der Waals surface area (Å²) in [5.41, 5.74) is 3.75. The number of hydrogen-bond acceptors (Lipinski definition) is 3. The van der Waals surface area contributed by atoms with E-state index >= 15 is 0 Å². The number of fused-ring (bicyclic) bond motifs is 1. The molecule has 4 nitrogen and oxygen atoms in total. The first-order valence-electron chi connectivity index (χ1n) is 9.15. The van der Waals surface area contributed by atoms with Gasteiger partial charge in [0.05, 0.1) is 16.1 Å². The summed E-state index contributed by atoms with van der Waals surface area (Å²) in [4.78, 5) is 9.38. The van der Waals surface area contributed by atoms with Crippen LogP contribution in [0.1, 0.15) is 13.8 Å². The molecule has 0 spiro atoms. The van der Waals surface area contributed by atoms with Crippen molar-refractivity contribution in [3.05, 3.63) is 70.8 Å². The van der Waals surface area contributed by atoms with Gasteiger partial charge >= 0.3 is 0 Å². The van der Waals surface area contributed by atoms with Gasteiger partial charge in [-0.1, -0.05) is 43.1 Å². The maximum atomic E-state index is 6.48. The van der Waals surface area contributed by atoms with Gasteiger partial charge in [0.25, 0.3) is 0 Å². The van der Waals surface area contributed by atoms with Crippen LogP contribution in [0, 0.1) is 5.92 Å². The summed E-state index contributed by atoms with van der Waals surface area (Å²) in [5.74, 6) is 2.10. The summed E-state index contributed by atoms with van der Waals surface area (Å²) in [5, 5.41) is 4.69. The molecule has 0 unspecified atom stereocenters. The van der Waals surface area contributed by atoms with E-state index < -0.39 is 0 Å². The van der Waals surface area contributed by atoms with E-state index in [1.54, 1.807) is 0 Å². The molecule has 0 aliphatic carbocycles. The Labute approximate surface area is 174 Å². The van der Waals surface area contributed by atoms with Gasteiger partial charge in [0.15, 0.2) is 0 Å². The molecule has 142 valence electrons. The van der Waals surface area contributed by atoms with Crippen molar-refractivity contribution in [3.63, 3.8) is 0 Å².